The Morgan fingerprint density at radius 1 is 1.26 bits per heavy atom. The van der Waals surface area contributed by atoms with Crippen molar-refractivity contribution in [2.24, 2.45) is 0 Å². The Bertz CT molecular complexity index is 714. The predicted molar refractivity (Wildman–Crippen MR) is 85.6 cm³/mol. The van der Waals surface area contributed by atoms with Crippen LogP contribution in [-0.4, -0.2) is 29.0 Å². The average Bonchev–Trinajstić information content (AvgIpc) is 2.54. The van der Waals surface area contributed by atoms with Crippen LogP contribution >= 0.6 is 0 Å². The summed E-state index contributed by atoms with van der Waals surface area (Å²) in [5.41, 5.74) is 2.60. The van der Waals surface area contributed by atoms with Gasteiger partial charge in [-0.05, 0) is 43.2 Å². The van der Waals surface area contributed by atoms with Crippen molar-refractivity contribution in [1.82, 2.24) is 4.98 Å². The van der Waals surface area contributed by atoms with Crippen LogP contribution in [-0.2, 0) is 4.74 Å². The van der Waals surface area contributed by atoms with E-state index in [1.165, 1.54) is 18.3 Å². The van der Waals surface area contributed by atoms with E-state index >= 15 is 0 Å². The minimum atomic E-state index is -0.512. The number of pyridine rings is 1. The molecule has 7 nitrogen and oxygen atoms in total. The lowest BCUT2D eigenvalue weighted by molar-refractivity contribution is -0.385. The molecule has 0 fully saturated rings. The Morgan fingerprint density at radius 2 is 2.04 bits per heavy atom. The van der Waals surface area contributed by atoms with E-state index in [9.17, 15) is 14.9 Å². The Labute approximate surface area is 133 Å². The Kier molecular flexibility index (Phi) is 5.24. The van der Waals surface area contributed by atoms with E-state index < -0.39 is 4.92 Å². The highest BCUT2D eigenvalue weighted by Gasteiger charge is 2.08. The number of nitrogens with one attached hydrogen (secondary N) is 1. The maximum atomic E-state index is 11.9. The average molecular weight is 315 g/mol. The van der Waals surface area contributed by atoms with Gasteiger partial charge in [-0.15, -0.1) is 0 Å². The molecule has 1 N–H and O–H groups in total. The smallest absolute Gasteiger partial charge is 0.338 e. The first-order valence-corrected chi connectivity index (χ1v) is 7.06. The van der Waals surface area contributed by atoms with Crippen LogP contribution in [0.5, 0.6) is 0 Å². The molecule has 0 saturated carbocycles. The summed E-state index contributed by atoms with van der Waals surface area (Å²) in [5, 5.41) is 13.4. The zero-order valence-electron chi connectivity index (χ0n) is 12.9. The van der Waals surface area contributed by atoms with E-state index in [1.54, 1.807) is 12.1 Å². The van der Waals surface area contributed by atoms with Gasteiger partial charge < -0.3 is 10.1 Å². The van der Waals surface area contributed by atoms with Gasteiger partial charge in [0.05, 0.1) is 17.0 Å². The van der Waals surface area contributed by atoms with Gasteiger partial charge in [-0.25, -0.2) is 9.78 Å². The molecule has 0 spiro atoms. The van der Waals surface area contributed by atoms with Crippen LogP contribution in [0.2, 0.25) is 0 Å². The van der Waals surface area contributed by atoms with Crippen molar-refractivity contribution in [3.05, 3.63) is 63.3 Å². The molecule has 2 aromatic rings. The first kappa shape index (κ1) is 16.4. The number of esters is 1. The molecular weight excluding hydrogens is 298 g/mol. The van der Waals surface area contributed by atoms with Gasteiger partial charge in [0.1, 0.15) is 18.6 Å². The number of aromatic nitrogens is 1. The molecule has 0 radical (unpaired) electrons. The molecule has 2 rings (SSSR count). The first-order chi connectivity index (χ1) is 11.0. The highest BCUT2D eigenvalue weighted by Crippen LogP contribution is 2.12. The van der Waals surface area contributed by atoms with Crippen LogP contribution in [0.25, 0.3) is 0 Å². The van der Waals surface area contributed by atoms with Gasteiger partial charge >= 0.3 is 5.97 Å². The molecule has 0 bridgehead atoms. The lowest BCUT2D eigenvalue weighted by Gasteiger charge is -2.08. The monoisotopic (exact) mass is 315 g/mol. The topological polar surface area (TPSA) is 94.4 Å². The molecule has 0 aliphatic carbocycles. The van der Waals surface area contributed by atoms with Crippen molar-refractivity contribution in [3.8, 4) is 0 Å². The van der Waals surface area contributed by atoms with Crippen LogP contribution in [0, 0.1) is 24.0 Å². The molecule has 0 atom stereocenters. The zero-order valence-corrected chi connectivity index (χ0v) is 12.9. The predicted octanol–water partition coefficient (Wildman–Crippen LogP) is 2.88. The van der Waals surface area contributed by atoms with Crippen LogP contribution in [0.1, 0.15) is 21.5 Å². The number of benzene rings is 1. The Morgan fingerprint density at radius 3 is 2.65 bits per heavy atom. The number of rotatable bonds is 6. The van der Waals surface area contributed by atoms with E-state index in [0.29, 0.717) is 17.9 Å². The van der Waals surface area contributed by atoms with Gasteiger partial charge in [0.15, 0.2) is 0 Å². The summed E-state index contributed by atoms with van der Waals surface area (Å²) in [6.07, 6.45) is 1.17. The summed E-state index contributed by atoms with van der Waals surface area (Å²) < 4.78 is 5.17. The molecule has 0 aliphatic rings. The summed E-state index contributed by atoms with van der Waals surface area (Å²) in [6, 6.07) is 8.27. The van der Waals surface area contributed by atoms with E-state index in [1.807, 2.05) is 19.9 Å². The lowest BCUT2D eigenvalue weighted by Crippen LogP contribution is -2.14. The minimum Gasteiger partial charge on any atom is -0.460 e. The second-order valence-corrected chi connectivity index (χ2v) is 5.02. The SMILES string of the molecule is Cc1ccc(C(=O)OCCNc2ccc([N+](=O)[O-])cn2)cc1C. The van der Waals surface area contributed by atoms with E-state index in [2.05, 4.69) is 10.3 Å². The fraction of sp³-hybridized carbons (Fsp3) is 0.250. The summed E-state index contributed by atoms with van der Waals surface area (Å²) in [4.78, 5) is 25.8. The third-order valence-corrected chi connectivity index (χ3v) is 3.34. The summed E-state index contributed by atoms with van der Waals surface area (Å²) in [5.74, 6) is 0.101. The quantitative estimate of drug-likeness (QED) is 0.381. The number of carbonyl (C=O) groups is 1. The van der Waals surface area contributed by atoms with Gasteiger partial charge in [-0.1, -0.05) is 6.07 Å². The molecule has 1 heterocycles. The van der Waals surface area contributed by atoms with Crippen molar-refractivity contribution < 1.29 is 14.5 Å². The minimum absolute atomic E-state index is 0.0725. The van der Waals surface area contributed by atoms with Gasteiger partial charge in [0.2, 0.25) is 0 Å². The number of anilines is 1. The maximum absolute atomic E-state index is 11.9. The molecule has 23 heavy (non-hydrogen) atoms. The standard InChI is InChI=1S/C16H17N3O4/c1-11-3-4-13(9-12(11)2)16(20)23-8-7-17-15-6-5-14(10-18-15)19(21)22/h3-6,9-10H,7-8H2,1-2H3,(H,17,18). The molecule has 7 heteroatoms. The van der Waals surface area contributed by atoms with Crippen LogP contribution in [0.3, 0.4) is 0 Å². The number of hydrogen-bond acceptors (Lipinski definition) is 6. The number of hydrogen-bond donors (Lipinski definition) is 1. The van der Waals surface area contributed by atoms with E-state index in [0.717, 1.165) is 11.1 Å². The number of carbonyl (C=O) groups excluding carboxylic acids is 1. The lowest BCUT2D eigenvalue weighted by atomic mass is 10.1. The molecule has 0 unspecified atom stereocenters. The van der Waals surface area contributed by atoms with Crippen LogP contribution in [0.15, 0.2) is 36.5 Å². The number of ether oxygens (including phenoxy) is 1. The molecule has 0 amide bonds. The number of nitrogens with zero attached hydrogens (tertiary/aromatic N) is 2. The second-order valence-electron chi connectivity index (χ2n) is 5.02. The highest BCUT2D eigenvalue weighted by molar-refractivity contribution is 5.89. The maximum Gasteiger partial charge on any atom is 0.338 e. The zero-order chi connectivity index (χ0) is 16.8. The number of nitro groups is 1. The van der Waals surface area contributed by atoms with Gasteiger partial charge in [-0.3, -0.25) is 10.1 Å². The van der Waals surface area contributed by atoms with Gasteiger partial charge in [0.25, 0.3) is 5.69 Å². The second kappa shape index (κ2) is 7.35. The third-order valence-electron chi connectivity index (χ3n) is 3.34. The molecule has 0 saturated heterocycles. The van der Waals surface area contributed by atoms with Crippen molar-refractivity contribution in [2.45, 2.75) is 13.8 Å². The van der Waals surface area contributed by atoms with Crippen molar-refractivity contribution in [3.63, 3.8) is 0 Å². The van der Waals surface area contributed by atoms with Crippen molar-refractivity contribution in [1.29, 1.82) is 0 Å². The highest BCUT2D eigenvalue weighted by atomic mass is 16.6. The fourth-order valence-corrected chi connectivity index (χ4v) is 1.87. The van der Waals surface area contributed by atoms with Crippen LogP contribution in [0.4, 0.5) is 11.5 Å². The van der Waals surface area contributed by atoms with Crippen molar-refractivity contribution >= 4 is 17.5 Å². The Balaban J connectivity index is 1.79. The fourth-order valence-electron chi connectivity index (χ4n) is 1.87. The van der Waals surface area contributed by atoms with E-state index in [-0.39, 0.29) is 18.3 Å². The van der Waals surface area contributed by atoms with Crippen LogP contribution < -0.4 is 5.32 Å². The molecule has 0 aliphatic heterocycles. The molecular formula is C16H17N3O4. The molecule has 1 aromatic heterocycles. The third kappa shape index (κ3) is 4.50. The molecule has 1 aromatic carbocycles. The molecule has 120 valence electrons. The summed E-state index contributed by atoms with van der Waals surface area (Å²) in [6.45, 7) is 4.45. The van der Waals surface area contributed by atoms with Gasteiger partial charge in [0, 0.05) is 6.07 Å². The van der Waals surface area contributed by atoms with Crippen molar-refractivity contribution in [2.75, 3.05) is 18.5 Å². The summed E-state index contributed by atoms with van der Waals surface area (Å²) >= 11 is 0. The normalized spacial score (nSPS) is 10.2. The first-order valence-electron chi connectivity index (χ1n) is 7.06. The summed E-state index contributed by atoms with van der Waals surface area (Å²) in [7, 11) is 0. The largest absolute Gasteiger partial charge is 0.460 e. The number of aryl methyl sites for hydroxylation is 2. The Hall–Kier alpha value is -2.96. The van der Waals surface area contributed by atoms with Gasteiger partial charge in [-0.2, -0.15) is 0 Å². The van der Waals surface area contributed by atoms with E-state index in [4.69, 9.17) is 4.74 Å².